The highest BCUT2D eigenvalue weighted by Gasteiger charge is 2.26. The monoisotopic (exact) mass is 350 g/mol. The number of piperidine rings is 1. The van der Waals surface area contributed by atoms with Gasteiger partial charge in [0.25, 0.3) is 0 Å². The molecule has 1 fully saturated rings. The van der Waals surface area contributed by atoms with Crippen molar-refractivity contribution in [2.45, 2.75) is 32.4 Å². The molecule has 0 radical (unpaired) electrons. The maximum absolute atomic E-state index is 11.7. The van der Waals surface area contributed by atoms with Gasteiger partial charge in [0.1, 0.15) is 5.76 Å². The van der Waals surface area contributed by atoms with Crippen LogP contribution in [-0.2, 0) is 16.6 Å². The lowest BCUT2D eigenvalue weighted by Crippen LogP contribution is -2.45. The summed E-state index contributed by atoms with van der Waals surface area (Å²) in [5.41, 5.74) is 0. The highest BCUT2D eigenvalue weighted by molar-refractivity contribution is 9.10. The van der Waals surface area contributed by atoms with E-state index in [2.05, 4.69) is 21.2 Å². The predicted molar refractivity (Wildman–Crippen MR) is 77.3 cm³/mol. The third kappa shape index (κ3) is 4.05. The molecule has 7 heteroatoms. The Morgan fingerprint density at radius 2 is 2.11 bits per heavy atom. The zero-order valence-corrected chi connectivity index (χ0v) is 13.3. The molecule has 5 nitrogen and oxygen atoms in total. The van der Waals surface area contributed by atoms with Crippen LogP contribution in [0, 0.1) is 0 Å². The lowest BCUT2D eigenvalue weighted by molar-refractivity contribution is 0.283. The maximum atomic E-state index is 11.7. The summed E-state index contributed by atoms with van der Waals surface area (Å²) in [6, 6.07) is 4.15. The Bertz CT molecular complexity index is 507. The summed E-state index contributed by atoms with van der Waals surface area (Å²) in [5.74, 6) is 1.07. The fourth-order valence-corrected chi connectivity index (χ4v) is 3.68. The third-order valence-corrected chi connectivity index (χ3v) is 5.71. The molecule has 0 unspecified atom stereocenters. The minimum atomic E-state index is -3.03. The van der Waals surface area contributed by atoms with E-state index in [1.54, 1.807) is 11.2 Å². The zero-order chi connectivity index (χ0) is 13.9. The van der Waals surface area contributed by atoms with Gasteiger partial charge in [-0.15, -0.1) is 0 Å². The fraction of sp³-hybridized carbons (Fsp3) is 0.667. The van der Waals surface area contributed by atoms with Crippen LogP contribution < -0.4 is 5.32 Å². The van der Waals surface area contributed by atoms with E-state index in [1.165, 1.54) is 0 Å². The van der Waals surface area contributed by atoms with Crippen LogP contribution in [0.4, 0.5) is 0 Å². The number of hydrogen-bond donors (Lipinski definition) is 1. The molecule has 0 bridgehead atoms. The van der Waals surface area contributed by atoms with Crippen LogP contribution in [0.3, 0.4) is 0 Å². The molecule has 0 aliphatic carbocycles. The summed E-state index contributed by atoms with van der Waals surface area (Å²) in [4.78, 5) is 0. The van der Waals surface area contributed by atoms with Crippen LogP contribution in [0.15, 0.2) is 21.2 Å². The van der Waals surface area contributed by atoms with Crippen LogP contribution in [0.2, 0.25) is 0 Å². The Morgan fingerprint density at radius 3 is 2.63 bits per heavy atom. The van der Waals surface area contributed by atoms with Crippen molar-refractivity contribution in [3.8, 4) is 0 Å². The van der Waals surface area contributed by atoms with Gasteiger partial charge in [-0.05, 0) is 47.8 Å². The summed E-state index contributed by atoms with van der Waals surface area (Å²) < 4.78 is 31.2. The van der Waals surface area contributed by atoms with Crippen molar-refractivity contribution >= 4 is 26.0 Å². The SMILES string of the molecule is CCS(=O)(=O)N1CCC(NCc2ccc(Br)o2)CC1. The van der Waals surface area contributed by atoms with Gasteiger partial charge in [-0.3, -0.25) is 0 Å². The van der Waals surface area contributed by atoms with Crippen molar-refractivity contribution in [2.75, 3.05) is 18.8 Å². The second-order valence-corrected chi connectivity index (χ2v) is 7.70. The van der Waals surface area contributed by atoms with E-state index in [4.69, 9.17) is 4.42 Å². The summed E-state index contributed by atoms with van der Waals surface area (Å²) in [6.07, 6.45) is 1.70. The van der Waals surface area contributed by atoms with Gasteiger partial charge in [-0.2, -0.15) is 0 Å². The molecule has 1 aromatic heterocycles. The molecule has 1 aliphatic rings. The average molecular weight is 351 g/mol. The molecule has 0 amide bonds. The second kappa shape index (κ2) is 6.39. The summed E-state index contributed by atoms with van der Waals surface area (Å²) in [7, 11) is -3.03. The molecule has 2 heterocycles. The second-order valence-electron chi connectivity index (χ2n) is 4.66. The van der Waals surface area contributed by atoms with E-state index in [1.807, 2.05) is 12.1 Å². The number of hydrogen-bond acceptors (Lipinski definition) is 4. The number of sulfonamides is 1. The number of halogens is 1. The van der Waals surface area contributed by atoms with E-state index in [9.17, 15) is 8.42 Å². The Hall–Kier alpha value is -0.370. The van der Waals surface area contributed by atoms with Gasteiger partial charge in [-0.1, -0.05) is 0 Å². The lowest BCUT2D eigenvalue weighted by Gasteiger charge is -2.31. The largest absolute Gasteiger partial charge is 0.453 e. The number of rotatable bonds is 5. The lowest BCUT2D eigenvalue weighted by atomic mass is 10.1. The molecule has 19 heavy (non-hydrogen) atoms. The molecule has 1 saturated heterocycles. The quantitative estimate of drug-likeness (QED) is 0.881. The molecule has 1 N–H and O–H groups in total. The Balaban J connectivity index is 1.78. The minimum absolute atomic E-state index is 0.186. The van der Waals surface area contributed by atoms with Crippen molar-refractivity contribution in [1.82, 2.24) is 9.62 Å². The molecular weight excluding hydrogens is 332 g/mol. The van der Waals surface area contributed by atoms with Gasteiger partial charge in [-0.25, -0.2) is 12.7 Å². The average Bonchev–Trinajstić information content (AvgIpc) is 2.83. The minimum Gasteiger partial charge on any atom is -0.453 e. The first-order chi connectivity index (χ1) is 9.01. The van der Waals surface area contributed by atoms with Crippen molar-refractivity contribution in [1.29, 1.82) is 0 Å². The Kier molecular flexibility index (Phi) is 5.05. The molecule has 1 aromatic rings. The molecule has 1 aliphatic heterocycles. The molecule has 0 saturated carbocycles. The van der Waals surface area contributed by atoms with Crippen LogP contribution in [0.5, 0.6) is 0 Å². The first-order valence-electron chi connectivity index (χ1n) is 6.46. The number of furan rings is 1. The molecular formula is C12H19BrN2O3S. The van der Waals surface area contributed by atoms with Crippen LogP contribution in [0.25, 0.3) is 0 Å². The molecule has 2 rings (SSSR count). The van der Waals surface area contributed by atoms with E-state index in [-0.39, 0.29) is 5.75 Å². The van der Waals surface area contributed by atoms with E-state index in [0.29, 0.717) is 25.7 Å². The van der Waals surface area contributed by atoms with Crippen LogP contribution in [-0.4, -0.2) is 37.6 Å². The van der Waals surface area contributed by atoms with Gasteiger partial charge in [0.2, 0.25) is 10.0 Å². The first kappa shape index (κ1) is 15.0. The summed E-state index contributed by atoms with van der Waals surface area (Å²) in [6.45, 7) is 3.58. The van der Waals surface area contributed by atoms with Crippen molar-refractivity contribution in [2.24, 2.45) is 0 Å². The number of nitrogens with one attached hydrogen (secondary N) is 1. The van der Waals surface area contributed by atoms with E-state index < -0.39 is 10.0 Å². The highest BCUT2D eigenvalue weighted by Crippen LogP contribution is 2.17. The van der Waals surface area contributed by atoms with E-state index >= 15 is 0 Å². The van der Waals surface area contributed by atoms with E-state index in [0.717, 1.165) is 23.3 Å². The van der Waals surface area contributed by atoms with Crippen LogP contribution >= 0.6 is 15.9 Å². The maximum Gasteiger partial charge on any atom is 0.213 e. The predicted octanol–water partition coefficient (Wildman–Crippen LogP) is 1.95. The summed E-state index contributed by atoms with van der Waals surface area (Å²) >= 11 is 3.27. The van der Waals surface area contributed by atoms with Gasteiger partial charge < -0.3 is 9.73 Å². The Morgan fingerprint density at radius 1 is 1.42 bits per heavy atom. The van der Waals surface area contributed by atoms with Gasteiger partial charge in [0, 0.05) is 19.1 Å². The van der Waals surface area contributed by atoms with Crippen LogP contribution in [0.1, 0.15) is 25.5 Å². The summed E-state index contributed by atoms with van der Waals surface area (Å²) in [5, 5.41) is 3.41. The molecule has 0 aromatic carbocycles. The number of nitrogens with zero attached hydrogens (tertiary/aromatic N) is 1. The van der Waals surface area contributed by atoms with Gasteiger partial charge in [0.15, 0.2) is 4.67 Å². The van der Waals surface area contributed by atoms with Gasteiger partial charge in [0.05, 0.1) is 12.3 Å². The highest BCUT2D eigenvalue weighted by atomic mass is 79.9. The zero-order valence-electron chi connectivity index (χ0n) is 10.9. The normalized spacial score (nSPS) is 18.8. The molecule has 0 spiro atoms. The standard InChI is InChI=1S/C12H19BrN2O3S/c1-2-19(16,17)15-7-5-10(6-8-15)14-9-11-3-4-12(13)18-11/h3-4,10,14H,2,5-9H2,1H3. The smallest absolute Gasteiger partial charge is 0.213 e. The fourth-order valence-electron chi connectivity index (χ4n) is 2.21. The van der Waals surface area contributed by atoms with Crippen molar-refractivity contribution < 1.29 is 12.8 Å². The topological polar surface area (TPSA) is 62.6 Å². The third-order valence-electron chi connectivity index (χ3n) is 3.41. The molecule has 0 atom stereocenters. The van der Waals surface area contributed by atoms with Gasteiger partial charge >= 0.3 is 0 Å². The molecule has 108 valence electrons. The first-order valence-corrected chi connectivity index (χ1v) is 8.87. The van der Waals surface area contributed by atoms with Crippen molar-refractivity contribution in [3.05, 3.63) is 22.6 Å². The van der Waals surface area contributed by atoms with Crippen molar-refractivity contribution in [3.63, 3.8) is 0 Å². The Labute approximate surface area is 122 Å².